The first-order chi connectivity index (χ1) is 19.5. The number of hydrogen-bond donors (Lipinski definition) is 4. The number of pyridine rings is 1. The molecule has 0 spiro atoms. The fourth-order valence-corrected chi connectivity index (χ4v) is 5.87. The Bertz CT molecular complexity index is 1720. The topological polar surface area (TPSA) is 112 Å². The van der Waals surface area contributed by atoms with Gasteiger partial charge in [-0.1, -0.05) is 36.3 Å². The zero-order valence-electron chi connectivity index (χ0n) is 22.6. The Morgan fingerprint density at radius 2 is 2.10 bits per heavy atom. The van der Waals surface area contributed by atoms with E-state index < -0.39 is 0 Å². The van der Waals surface area contributed by atoms with Crippen molar-refractivity contribution in [2.24, 2.45) is 11.7 Å². The second-order valence-corrected chi connectivity index (χ2v) is 11.5. The molecule has 40 heavy (non-hydrogen) atoms. The average molecular weight is 549 g/mol. The van der Waals surface area contributed by atoms with Gasteiger partial charge in [0.15, 0.2) is 0 Å². The van der Waals surface area contributed by atoms with E-state index in [1.807, 2.05) is 32.1 Å². The van der Waals surface area contributed by atoms with Crippen molar-refractivity contribution in [3.8, 4) is 11.4 Å². The van der Waals surface area contributed by atoms with Gasteiger partial charge >= 0.3 is 0 Å². The minimum Gasteiger partial charge on any atom is -0.404 e. The van der Waals surface area contributed by atoms with Crippen LogP contribution in [0.3, 0.4) is 0 Å². The van der Waals surface area contributed by atoms with Crippen LogP contribution in [0.5, 0.6) is 0 Å². The van der Waals surface area contributed by atoms with Crippen molar-refractivity contribution in [2.75, 3.05) is 0 Å². The Morgan fingerprint density at radius 3 is 2.83 bits per heavy atom. The SMILES string of the molecule is CC(C)=C/C(=C\C(=C/N)c1cc2c(-c3cc4c([nH]3)CC=CC=C4c3cccs3)n[nH]c2cn1)NC(=O)C1CCC1. The number of aromatic amines is 2. The van der Waals surface area contributed by atoms with Crippen LogP contribution in [0.1, 0.15) is 54.9 Å². The molecule has 5 N–H and O–H groups in total. The Labute approximate surface area is 237 Å². The van der Waals surface area contributed by atoms with Gasteiger partial charge in [-0.25, -0.2) is 0 Å². The number of carbonyl (C=O) groups excluding carboxylic acids is 1. The molecule has 0 atom stereocenters. The van der Waals surface area contributed by atoms with E-state index in [1.54, 1.807) is 17.5 Å². The highest BCUT2D eigenvalue weighted by Gasteiger charge is 2.25. The van der Waals surface area contributed by atoms with Crippen LogP contribution >= 0.6 is 11.3 Å². The first kappa shape index (κ1) is 25.8. The zero-order chi connectivity index (χ0) is 27.6. The number of thiophene rings is 1. The van der Waals surface area contributed by atoms with Crippen molar-refractivity contribution in [3.05, 3.63) is 106 Å². The number of amides is 1. The van der Waals surface area contributed by atoms with E-state index in [0.29, 0.717) is 17.0 Å². The highest BCUT2D eigenvalue weighted by Crippen LogP contribution is 2.36. The number of rotatable bonds is 7. The first-order valence-corrected chi connectivity index (χ1v) is 14.5. The van der Waals surface area contributed by atoms with Gasteiger partial charge in [0, 0.05) is 56.9 Å². The van der Waals surface area contributed by atoms with Gasteiger partial charge in [-0.15, -0.1) is 11.3 Å². The average Bonchev–Trinajstić information content (AvgIpc) is 3.64. The number of hydrogen-bond acceptors (Lipinski definition) is 5. The summed E-state index contributed by atoms with van der Waals surface area (Å²) in [6.07, 6.45) is 17.4. The van der Waals surface area contributed by atoms with Crippen molar-refractivity contribution in [1.82, 2.24) is 25.5 Å². The van der Waals surface area contributed by atoms with Crippen LogP contribution in [0.2, 0.25) is 0 Å². The molecule has 7 nitrogen and oxygen atoms in total. The summed E-state index contributed by atoms with van der Waals surface area (Å²) in [7, 11) is 0. The lowest BCUT2D eigenvalue weighted by molar-refractivity contribution is -0.126. The van der Waals surface area contributed by atoms with Gasteiger partial charge in [0.05, 0.1) is 23.1 Å². The highest BCUT2D eigenvalue weighted by atomic mass is 32.1. The van der Waals surface area contributed by atoms with Crippen molar-refractivity contribution >= 4 is 39.3 Å². The monoisotopic (exact) mass is 548 g/mol. The summed E-state index contributed by atoms with van der Waals surface area (Å²) in [6, 6.07) is 8.42. The number of H-pyrrole nitrogens is 2. The zero-order valence-corrected chi connectivity index (χ0v) is 23.4. The minimum atomic E-state index is 0.0595. The summed E-state index contributed by atoms with van der Waals surface area (Å²) < 4.78 is 0. The van der Waals surface area contributed by atoms with E-state index in [4.69, 9.17) is 5.73 Å². The summed E-state index contributed by atoms with van der Waals surface area (Å²) in [4.78, 5) is 22.2. The van der Waals surface area contributed by atoms with Crippen LogP contribution in [-0.2, 0) is 11.2 Å². The third kappa shape index (κ3) is 5.10. The molecule has 0 saturated heterocycles. The summed E-state index contributed by atoms with van der Waals surface area (Å²) in [5.74, 6) is 0.146. The number of allylic oxidation sites excluding steroid dienone is 7. The molecule has 0 bridgehead atoms. The molecule has 4 aromatic rings. The van der Waals surface area contributed by atoms with Gasteiger partial charge in [0.25, 0.3) is 0 Å². The molecule has 1 fully saturated rings. The Balaban J connectivity index is 1.36. The molecule has 2 aliphatic rings. The van der Waals surface area contributed by atoms with Gasteiger partial charge in [0.2, 0.25) is 5.91 Å². The van der Waals surface area contributed by atoms with Crippen molar-refractivity contribution < 1.29 is 4.79 Å². The van der Waals surface area contributed by atoms with Crippen LogP contribution in [0.4, 0.5) is 0 Å². The number of nitrogens with zero attached hydrogens (tertiary/aromatic N) is 2. The summed E-state index contributed by atoms with van der Waals surface area (Å²) in [5.41, 5.74) is 15.5. The fraction of sp³-hybridized carbons (Fsp3) is 0.219. The van der Waals surface area contributed by atoms with Gasteiger partial charge in [-0.3, -0.25) is 14.9 Å². The van der Waals surface area contributed by atoms with Crippen LogP contribution in [0, 0.1) is 5.92 Å². The molecule has 4 heterocycles. The molecule has 0 unspecified atom stereocenters. The Kier molecular flexibility index (Phi) is 7.09. The quantitative estimate of drug-likeness (QED) is 0.194. The lowest BCUT2D eigenvalue weighted by Gasteiger charge is -2.24. The van der Waals surface area contributed by atoms with Gasteiger partial charge in [-0.05, 0) is 62.4 Å². The lowest BCUT2D eigenvalue weighted by Crippen LogP contribution is -2.33. The summed E-state index contributed by atoms with van der Waals surface area (Å²) in [6.45, 7) is 4.01. The molecule has 6 rings (SSSR count). The highest BCUT2D eigenvalue weighted by molar-refractivity contribution is 7.11. The van der Waals surface area contributed by atoms with E-state index >= 15 is 0 Å². The minimum absolute atomic E-state index is 0.0595. The number of nitrogens with two attached hydrogens (primary N) is 1. The maximum Gasteiger partial charge on any atom is 0.227 e. The standard InChI is InChI=1S/C32H32N6OS/c1-19(2)13-22(35-32(39)20-7-5-8-20)14-21(17-33)27-16-25-29(18-34-27)37-38-31(25)28-15-24-23(30-11-6-12-40-30)9-3-4-10-26(24)36-28/h3-4,6,9,11-18,20,36H,5,7-8,10,33H2,1-2H3,(H,35,39)(H,37,38)/b21-17+,22-14+. The van der Waals surface area contributed by atoms with Crippen LogP contribution in [0.25, 0.3) is 33.4 Å². The molecule has 2 aliphatic carbocycles. The summed E-state index contributed by atoms with van der Waals surface area (Å²) in [5, 5.41) is 13.9. The van der Waals surface area contributed by atoms with Gasteiger partial charge in [0.1, 0.15) is 5.69 Å². The molecule has 8 heteroatoms. The first-order valence-electron chi connectivity index (χ1n) is 13.6. The van der Waals surface area contributed by atoms with E-state index in [0.717, 1.165) is 59.2 Å². The smallest absolute Gasteiger partial charge is 0.227 e. The molecule has 1 amide bonds. The molecule has 0 radical (unpaired) electrons. The van der Waals surface area contributed by atoms with E-state index in [-0.39, 0.29) is 11.8 Å². The normalized spacial score (nSPS) is 15.8. The van der Waals surface area contributed by atoms with Crippen molar-refractivity contribution in [2.45, 2.75) is 39.5 Å². The van der Waals surface area contributed by atoms with Crippen molar-refractivity contribution in [1.29, 1.82) is 0 Å². The molecule has 0 aliphatic heterocycles. The summed E-state index contributed by atoms with van der Waals surface area (Å²) >= 11 is 1.74. The maximum atomic E-state index is 12.7. The second kappa shape index (κ2) is 11.0. The number of carbonyl (C=O) groups is 1. The Hall–Kier alpha value is -4.43. The maximum absolute atomic E-state index is 12.7. The molecule has 202 valence electrons. The number of fused-ring (bicyclic) bond motifs is 2. The third-order valence-corrected chi connectivity index (χ3v) is 8.28. The van der Waals surface area contributed by atoms with E-state index in [1.165, 1.54) is 22.2 Å². The molecule has 4 aromatic heterocycles. The fourth-order valence-electron chi connectivity index (χ4n) is 5.11. The van der Waals surface area contributed by atoms with E-state index in [2.05, 4.69) is 67.3 Å². The molecular weight excluding hydrogens is 516 g/mol. The number of aromatic nitrogens is 4. The van der Waals surface area contributed by atoms with Crippen LogP contribution < -0.4 is 11.1 Å². The van der Waals surface area contributed by atoms with Crippen LogP contribution in [0.15, 0.2) is 83.7 Å². The van der Waals surface area contributed by atoms with Gasteiger partial charge in [-0.2, -0.15) is 5.10 Å². The van der Waals surface area contributed by atoms with Crippen molar-refractivity contribution in [3.63, 3.8) is 0 Å². The predicted molar refractivity (Wildman–Crippen MR) is 163 cm³/mol. The van der Waals surface area contributed by atoms with Gasteiger partial charge < -0.3 is 16.0 Å². The molecular formula is C32H32N6OS. The predicted octanol–water partition coefficient (Wildman–Crippen LogP) is 6.62. The second-order valence-electron chi connectivity index (χ2n) is 10.5. The number of nitrogens with one attached hydrogen (secondary N) is 3. The molecule has 1 saturated carbocycles. The van der Waals surface area contributed by atoms with Crippen LogP contribution in [-0.4, -0.2) is 26.1 Å². The van der Waals surface area contributed by atoms with E-state index in [9.17, 15) is 4.79 Å². The Morgan fingerprint density at radius 1 is 1.23 bits per heavy atom. The molecule has 0 aromatic carbocycles. The lowest BCUT2D eigenvalue weighted by atomic mass is 9.85. The third-order valence-electron chi connectivity index (χ3n) is 7.37. The largest absolute Gasteiger partial charge is 0.404 e.